The van der Waals surface area contributed by atoms with Gasteiger partial charge in [0.25, 0.3) is 10.0 Å². The van der Waals surface area contributed by atoms with Gasteiger partial charge >= 0.3 is 0 Å². The van der Waals surface area contributed by atoms with Crippen molar-refractivity contribution in [1.82, 2.24) is 4.98 Å². The lowest BCUT2D eigenvalue weighted by Gasteiger charge is -2.14. The number of benzene rings is 1. The van der Waals surface area contributed by atoms with E-state index in [0.29, 0.717) is 22.9 Å². The number of aryl methyl sites for hydroxylation is 1. The molecular weight excluding hydrogens is 310 g/mol. The van der Waals surface area contributed by atoms with Gasteiger partial charge in [-0.2, -0.15) is 0 Å². The van der Waals surface area contributed by atoms with Crippen molar-refractivity contribution in [1.29, 1.82) is 0 Å². The molecule has 2 aromatic rings. The summed E-state index contributed by atoms with van der Waals surface area (Å²) in [4.78, 5) is 3.99. The van der Waals surface area contributed by atoms with Crippen LogP contribution in [0.5, 0.6) is 0 Å². The Kier molecular flexibility index (Phi) is 4.69. The van der Waals surface area contributed by atoms with Crippen LogP contribution < -0.4 is 10.0 Å². The first kappa shape index (κ1) is 15.6. The summed E-state index contributed by atoms with van der Waals surface area (Å²) >= 11 is 5.91. The van der Waals surface area contributed by atoms with Crippen LogP contribution in [0, 0.1) is 6.92 Å². The van der Waals surface area contributed by atoms with Gasteiger partial charge in [-0.15, -0.1) is 0 Å². The number of aromatic nitrogens is 1. The van der Waals surface area contributed by atoms with Crippen LogP contribution in [0.15, 0.2) is 41.6 Å². The smallest absolute Gasteiger partial charge is 0.265 e. The number of hydrogen-bond donors (Lipinski definition) is 2. The normalized spacial score (nSPS) is 11.2. The maximum atomic E-state index is 12.5. The lowest BCUT2D eigenvalue weighted by molar-refractivity contribution is 0.601. The zero-order chi connectivity index (χ0) is 15.5. The maximum Gasteiger partial charge on any atom is 0.265 e. The van der Waals surface area contributed by atoms with Crippen LogP contribution in [0.4, 0.5) is 11.4 Å². The van der Waals surface area contributed by atoms with Crippen LogP contribution >= 0.6 is 11.6 Å². The highest BCUT2D eigenvalue weighted by atomic mass is 35.5. The summed E-state index contributed by atoms with van der Waals surface area (Å²) in [7, 11) is -3.74. The fourth-order valence-electron chi connectivity index (χ4n) is 1.83. The Labute approximate surface area is 129 Å². The molecule has 0 amide bonds. The van der Waals surface area contributed by atoms with E-state index in [1.54, 1.807) is 30.5 Å². The number of nitrogens with one attached hydrogen (secondary N) is 2. The Morgan fingerprint density at radius 1 is 1.24 bits per heavy atom. The second kappa shape index (κ2) is 6.32. The monoisotopic (exact) mass is 325 g/mol. The van der Waals surface area contributed by atoms with Gasteiger partial charge in [0.05, 0.1) is 11.4 Å². The lowest BCUT2D eigenvalue weighted by atomic mass is 10.2. The zero-order valence-corrected chi connectivity index (χ0v) is 13.3. The molecule has 0 saturated carbocycles. The predicted octanol–water partition coefficient (Wildman–Crippen LogP) is 3.28. The van der Waals surface area contributed by atoms with E-state index in [9.17, 15) is 8.42 Å². The Morgan fingerprint density at radius 2 is 2.00 bits per heavy atom. The van der Waals surface area contributed by atoms with Crippen molar-refractivity contribution >= 4 is 33.0 Å². The van der Waals surface area contributed by atoms with Gasteiger partial charge in [-0.1, -0.05) is 17.7 Å². The topological polar surface area (TPSA) is 71.1 Å². The Morgan fingerprint density at radius 3 is 2.71 bits per heavy atom. The summed E-state index contributed by atoms with van der Waals surface area (Å²) < 4.78 is 27.6. The first-order chi connectivity index (χ1) is 9.94. The number of nitrogens with zero attached hydrogens (tertiary/aromatic N) is 1. The molecule has 2 rings (SSSR count). The molecule has 0 saturated heterocycles. The van der Waals surface area contributed by atoms with E-state index in [-0.39, 0.29) is 4.90 Å². The van der Waals surface area contributed by atoms with Crippen LogP contribution in [0.1, 0.15) is 12.5 Å². The molecule has 1 aromatic carbocycles. The number of sulfonamides is 1. The molecule has 0 aliphatic carbocycles. The van der Waals surface area contributed by atoms with E-state index in [0.717, 1.165) is 5.56 Å². The SMILES string of the molecule is CCNc1ccncc1S(=O)(=O)Nc1cc(Cl)ccc1C. The van der Waals surface area contributed by atoms with Crippen LogP contribution in [0.2, 0.25) is 5.02 Å². The van der Waals surface area contributed by atoms with Crippen molar-refractivity contribution in [3.8, 4) is 0 Å². The molecule has 0 atom stereocenters. The van der Waals surface area contributed by atoms with Crippen LogP contribution in [-0.2, 0) is 10.0 Å². The van der Waals surface area contributed by atoms with E-state index in [1.165, 1.54) is 6.20 Å². The molecule has 1 aromatic heterocycles. The average molecular weight is 326 g/mol. The van der Waals surface area contributed by atoms with Crippen molar-refractivity contribution in [2.45, 2.75) is 18.7 Å². The largest absolute Gasteiger partial charge is 0.384 e. The van der Waals surface area contributed by atoms with Gasteiger partial charge < -0.3 is 5.32 Å². The third-order valence-corrected chi connectivity index (χ3v) is 4.51. The summed E-state index contributed by atoms with van der Waals surface area (Å²) in [5.74, 6) is 0. The van der Waals surface area contributed by atoms with Gasteiger partial charge in [0.2, 0.25) is 0 Å². The number of pyridine rings is 1. The quantitative estimate of drug-likeness (QED) is 0.885. The highest BCUT2D eigenvalue weighted by Gasteiger charge is 2.19. The molecule has 0 fully saturated rings. The molecule has 0 bridgehead atoms. The second-order valence-corrected chi connectivity index (χ2v) is 6.55. The number of halogens is 1. The van der Waals surface area contributed by atoms with Gasteiger partial charge in [-0.3, -0.25) is 9.71 Å². The summed E-state index contributed by atoms with van der Waals surface area (Å²) in [6, 6.07) is 6.68. The number of anilines is 2. The van der Waals surface area contributed by atoms with E-state index in [2.05, 4.69) is 15.0 Å². The third-order valence-electron chi connectivity index (χ3n) is 2.89. The molecule has 112 valence electrons. The summed E-state index contributed by atoms with van der Waals surface area (Å²) in [5, 5.41) is 3.48. The van der Waals surface area contributed by atoms with Gasteiger partial charge in [0.1, 0.15) is 4.90 Å². The first-order valence-electron chi connectivity index (χ1n) is 6.41. The van der Waals surface area contributed by atoms with Crippen molar-refractivity contribution < 1.29 is 8.42 Å². The van der Waals surface area contributed by atoms with Crippen molar-refractivity contribution in [3.63, 3.8) is 0 Å². The van der Waals surface area contributed by atoms with Crippen molar-refractivity contribution in [2.75, 3.05) is 16.6 Å². The van der Waals surface area contributed by atoms with Crippen molar-refractivity contribution in [2.24, 2.45) is 0 Å². The molecule has 0 unspecified atom stereocenters. The Bertz CT molecular complexity index is 748. The first-order valence-corrected chi connectivity index (χ1v) is 8.27. The molecule has 0 radical (unpaired) electrons. The summed E-state index contributed by atoms with van der Waals surface area (Å²) in [6.07, 6.45) is 2.86. The minimum atomic E-state index is -3.74. The van der Waals surface area contributed by atoms with Gasteiger partial charge in [-0.25, -0.2) is 8.42 Å². The summed E-state index contributed by atoms with van der Waals surface area (Å²) in [5.41, 5.74) is 1.75. The minimum Gasteiger partial charge on any atom is -0.384 e. The highest BCUT2D eigenvalue weighted by molar-refractivity contribution is 7.92. The minimum absolute atomic E-state index is 0.103. The number of rotatable bonds is 5. The Balaban J connectivity index is 2.41. The van der Waals surface area contributed by atoms with Gasteiger partial charge in [0, 0.05) is 24.0 Å². The molecule has 7 heteroatoms. The molecule has 0 spiro atoms. The fraction of sp³-hybridized carbons (Fsp3) is 0.214. The molecule has 21 heavy (non-hydrogen) atoms. The van der Waals surface area contributed by atoms with E-state index >= 15 is 0 Å². The molecule has 0 aliphatic rings. The van der Waals surface area contributed by atoms with Crippen molar-refractivity contribution in [3.05, 3.63) is 47.2 Å². The third kappa shape index (κ3) is 3.65. The highest BCUT2D eigenvalue weighted by Crippen LogP contribution is 2.26. The molecule has 2 N–H and O–H groups in total. The summed E-state index contributed by atoms with van der Waals surface area (Å²) in [6.45, 7) is 4.32. The second-order valence-electron chi connectivity index (χ2n) is 4.47. The van der Waals surface area contributed by atoms with E-state index in [1.807, 2.05) is 13.8 Å². The van der Waals surface area contributed by atoms with Crippen LogP contribution in [-0.4, -0.2) is 19.9 Å². The zero-order valence-electron chi connectivity index (χ0n) is 11.7. The molecule has 1 heterocycles. The van der Waals surface area contributed by atoms with E-state index < -0.39 is 10.0 Å². The molecular formula is C14H16ClN3O2S. The standard InChI is InChI=1S/C14H16ClN3O2S/c1-3-17-12-6-7-16-9-14(12)21(19,20)18-13-8-11(15)5-4-10(13)2/h4-9,18H,3H2,1-2H3,(H,16,17). The lowest BCUT2D eigenvalue weighted by Crippen LogP contribution is -2.16. The van der Waals surface area contributed by atoms with E-state index in [4.69, 9.17) is 11.6 Å². The van der Waals surface area contributed by atoms with Crippen LogP contribution in [0.3, 0.4) is 0 Å². The van der Waals surface area contributed by atoms with Gasteiger partial charge in [0.15, 0.2) is 0 Å². The molecule has 5 nitrogen and oxygen atoms in total. The predicted molar refractivity (Wildman–Crippen MR) is 85.4 cm³/mol. The van der Waals surface area contributed by atoms with Crippen LogP contribution in [0.25, 0.3) is 0 Å². The average Bonchev–Trinajstić information content (AvgIpc) is 2.43. The Hall–Kier alpha value is -1.79. The number of hydrogen-bond acceptors (Lipinski definition) is 4. The van der Waals surface area contributed by atoms with Gasteiger partial charge in [-0.05, 0) is 37.6 Å². The maximum absolute atomic E-state index is 12.5. The fourth-order valence-corrected chi connectivity index (χ4v) is 3.26. The molecule has 0 aliphatic heterocycles.